The van der Waals surface area contributed by atoms with Gasteiger partial charge < -0.3 is 10.0 Å². The van der Waals surface area contributed by atoms with Gasteiger partial charge in [0.25, 0.3) is 5.91 Å². The highest BCUT2D eigenvalue weighted by Gasteiger charge is 2.29. The number of carbonyl (C=O) groups excluding carboxylic acids is 1. The van der Waals surface area contributed by atoms with E-state index in [0.29, 0.717) is 17.1 Å². The summed E-state index contributed by atoms with van der Waals surface area (Å²) in [5, 5.41) is 9.52. The summed E-state index contributed by atoms with van der Waals surface area (Å²) >= 11 is 6.05. The van der Waals surface area contributed by atoms with Crippen molar-refractivity contribution < 1.29 is 14.7 Å². The lowest BCUT2D eigenvalue weighted by Gasteiger charge is -2.35. The number of benzene rings is 1. The standard InChI is InChI=1S/C15H18ClNO3/c1-10-5-6-11(8-13(10)16)15(20)17-7-3-2-4-12(17)9-14(18)19/h5-6,8,12H,2-4,7,9H2,1H3,(H,18,19). The van der Waals surface area contributed by atoms with Gasteiger partial charge in [0.15, 0.2) is 0 Å². The number of halogens is 1. The normalized spacial score (nSPS) is 18.9. The number of nitrogens with zero attached hydrogens (tertiary/aromatic N) is 1. The number of aryl methyl sites for hydroxylation is 1. The summed E-state index contributed by atoms with van der Waals surface area (Å²) < 4.78 is 0. The van der Waals surface area contributed by atoms with Gasteiger partial charge in [0.05, 0.1) is 6.42 Å². The molecule has 1 saturated heterocycles. The summed E-state index contributed by atoms with van der Waals surface area (Å²) in [7, 11) is 0. The quantitative estimate of drug-likeness (QED) is 0.932. The Hall–Kier alpha value is -1.55. The summed E-state index contributed by atoms with van der Waals surface area (Å²) in [5.41, 5.74) is 1.45. The third kappa shape index (κ3) is 3.31. The van der Waals surface area contributed by atoms with Gasteiger partial charge in [-0.1, -0.05) is 17.7 Å². The molecular formula is C15H18ClNO3. The summed E-state index contributed by atoms with van der Waals surface area (Å²) in [6, 6.07) is 5.00. The maximum Gasteiger partial charge on any atom is 0.305 e. The average molecular weight is 296 g/mol. The summed E-state index contributed by atoms with van der Waals surface area (Å²) in [5.74, 6) is -0.991. The van der Waals surface area contributed by atoms with Crippen LogP contribution in [0.1, 0.15) is 41.6 Å². The molecule has 108 valence electrons. The molecule has 1 aliphatic heterocycles. The van der Waals surface area contributed by atoms with Gasteiger partial charge in [-0.3, -0.25) is 9.59 Å². The lowest BCUT2D eigenvalue weighted by molar-refractivity contribution is -0.138. The van der Waals surface area contributed by atoms with Crippen molar-refractivity contribution in [3.63, 3.8) is 0 Å². The van der Waals surface area contributed by atoms with Crippen LogP contribution in [0.5, 0.6) is 0 Å². The van der Waals surface area contributed by atoms with Crippen molar-refractivity contribution in [2.75, 3.05) is 6.54 Å². The molecule has 1 aromatic carbocycles. The van der Waals surface area contributed by atoms with E-state index < -0.39 is 5.97 Å². The SMILES string of the molecule is Cc1ccc(C(=O)N2CCCCC2CC(=O)O)cc1Cl. The molecule has 1 fully saturated rings. The van der Waals surface area contributed by atoms with Gasteiger partial charge in [-0.25, -0.2) is 0 Å². The fourth-order valence-corrected chi connectivity index (χ4v) is 2.75. The van der Waals surface area contributed by atoms with Crippen molar-refractivity contribution in [1.29, 1.82) is 0 Å². The van der Waals surface area contributed by atoms with Crippen LogP contribution in [-0.2, 0) is 4.79 Å². The van der Waals surface area contributed by atoms with Gasteiger partial charge in [-0.05, 0) is 43.9 Å². The van der Waals surface area contributed by atoms with Crippen molar-refractivity contribution in [1.82, 2.24) is 4.90 Å². The second-order valence-electron chi connectivity index (χ2n) is 5.21. The Labute approximate surface area is 123 Å². The molecule has 0 aliphatic carbocycles. The molecule has 2 rings (SSSR count). The fourth-order valence-electron chi connectivity index (χ4n) is 2.57. The molecule has 0 aromatic heterocycles. The molecular weight excluding hydrogens is 278 g/mol. The van der Waals surface area contributed by atoms with Crippen molar-refractivity contribution >= 4 is 23.5 Å². The minimum absolute atomic E-state index is 0.00529. The number of hydrogen-bond donors (Lipinski definition) is 1. The molecule has 1 heterocycles. The molecule has 1 unspecified atom stereocenters. The first-order valence-corrected chi connectivity index (χ1v) is 7.15. The molecule has 1 N–H and O–H groups in total. The van der Waals surface area contributed by atoms with Crippen LogP contribution < -0.4 is 0 Å². The first kappa shape index (κ1) is 14.9. The monoisotopic (exact) mass is 295 g/mol. The number of amides is 1. The van der Waals surface area contributed by atoms with E-state index in [2.05, 4.69) is 0 Å². The Balaban J connectivity index is 2.20. The van der Waals surface area contributed by atoms with Crippen molar-refractivity contribution in [2.45, 2.75) is 38.6 Å². The topological polar surface area (TPSA) is 57.6 Å². The Morgan fingerprint density at radius 2 is 2.15 bits per heavy atom. The highest BCUT2D eigenvalue weighted by Crippen LogP contribution is 2.24. The second-order valence-corrected chi connectivity index (χ2v) is 5.62. The minimum Gasteiger partial charge on any atom is -0.481 e. The third-order valence-corrected chi connectivity index (χ3v) is 4.12. The zero-order chi connectivity index (χ0) is 14.7. The number of likely N-dealkylation sites (tertiary alicyclic amines) is 1. The van der Waals surface area contributed by atoms with Crippen molar-refractivity contribution in [3.8, 4) is 0 Å². The molecule has 0 saturated carbocycles. The Morgan fingerprint density at radius 1 is 1.40 bits per heavy atom. The second kappa shape index (κ2) is 6.27. The van der Waals surface area contributed by atoms with Crippen LogP contribution in [0.3, 0.4) is 0 Å². The lowest BCUT2D eigenvalue weighted by Crippen LogP contribution is -2.44. The fraction of sp³-hybridized carbons (Fsp3) is 0.467. The first-order valence-electron chi connectivity index (χ1n) is 6.78. The predicted molar refractivity (Wildman–Crippen MR) is 77.1 cm³/mol. The van der Waals surface area contributed by atoms with Crippen LogP contribution in [0.15, 0.2) is 18.2 Å². The third-order valence-electron chi connectivity index (χ3n) is 3.72. The minimum atomic E-state index is -0.864. The van der Waals surface area contributed by atoms with Gasteiger partial charge in [0.2, 0.25) is 0 Å². The van der Waals surface area contributed by atoms with E-state index in [9.17, 15) is 9.59 Å². The first-order chi connectivity index (χ1) is 9.49. The largest absolute Gasteiger partial charge is 0.481 e. The van der Waals surface area contributed by atoms with Crippen LogP contribution in [0.25, 0.3) is 0 Å². The van der Waals surface area contributed by atoms with Gasteiger partial charge in [-0.15, -0.1) is 0 Å². The Kier molecular flexibility index (Phi) is 4.65. The van der Waals surface area contributed by atoms with Crippen LogP contribution in [0.2, 0.25) is 5.02 Å². The molecule has 0 spiro atoms. The predicted octanol–water partition coefficient (Wildman–Crippen LogP) is 3.12. The lowest BCUT2D eigenvalue weighted by atomic mass is 9.98. The molecule has 1 aromatic rings. The molecule has 1 atom stereocenters. The Bertz CT molecular complexity index is 530. The summed E-state index contributed by atoms with van der Waals surface area (Å²) in [4.78, 5) is 25.1. The average Bonchev–Trinajstić information content (AvgIpc) is 2.41. The van der Waals surface area contributed by atoms with E-state index >= 15 is 0 Å². The van der Waals surface area contributed by atoms with E-state index in [0.717, 1.165) is 24.8 Å². The number of carbonyl (C=O) groups is 2. The van der Waals surface area contributed by atoms with Crippen LogP contribution in [0, 0.1) is 6.92 Å². The zero-order valence-electron chi connectivity index (χ0n) is 11.4. The summed E-state index contributed by atoms with van der Waals surface area (Å²) in [6.07, 6.45) is 2.64. The van der Waals surface area contributed by atoms with Gasteiger partial charge in [0.1, 0.15) is 0 Å². The van der Waals surface area contributed by atoms with Crippen molar-refractivity contribution in [2.24, 2.45) is 0 Å². The van der Waals surface area contributed by atoms with Crippen molar-refractivity contribution in [3.05, 3.63) is 34.3 Å². The number of hydrogen-bond acceptors (Lipinski definition) is 2. The number of piperidine rings is 1. The maximum absolute atomic E-state index is 12.5. The molecule has 0 bridgehead atoms. The highest BCUT2D eigenvalue weighted by molar-refractivity contribution is 6.31. The molecule has 0 radical (unpaired) electrons. The molecule has 1 aliphatic rings. The van der Waals surface area contributed by atoms with E-state index in [-0.39, 0.29) is 18.4 Å². The van der Waals surface area contributed by atoms with E-state index in [4.69, 9.17) is 16.7 Å². The number of carboxylic acid groups (broad SMARTS) is 1. The number of rotatable bonds is 3. The van der Waals surface area contributed by atoms with E-state index in [1.54, 1.807) is 17.0 Å². The maximum atomic E-state index is 12.5. The number of carboxylic acids is 1. The van der Waals surface area contributed by atoms with Gasteiger partial charge >= 0.3 is 5.97 Å². The van der Waals surface area contributed by atoms with E-state index in [1.165, 1.54) is 0 Å². The Morgan fingerprint density at radius 3 is 2.80 bits per heavy atom. The van der Waals surface area contributed by atoms with Crippen LogP contribution in [0.4, 0.5) is 0 Å². The molecule has 1 amide bonds. The van der Waals surface area contributed by atoms with E-state index in [1.807, 2.05) is 13.0 Å². The zero-order valence-corrected chi connectivity index (χ0v) is 12.2. The van der Waals surface area contributed by atoms with Crippen LogP contribution >= 0.6 is 11.6 Å². The highest BCUT2D eigenvalue weighted by atomic mass is 35.5. The number of aliphatic carboxylic acids is 1. The summed E-state index contributed by atoms with van der Waals surface area (Å²) in [6.45, 7) is 2.49. The smallest absolute Gasteiger partial charge is 0.305 e. The molecule has 4 nitrogen and oxygen atoms in total. The molecule has 5 heteroatoms. The van der Waals surface area contributed by atoms with Crippen LogP contribution in [-0.4, -0.2) is 34.5 Å². The van der Waals surface area contributed by atoms with Gasteiger partial charge in [-0.2, -0.15) is 0 Å². The molecule has 20 heavy (non-hydrogen) atoms. The van der Waals surface area contributed by atoms with Gasteiger partial charge in [0, 0.05) is 23.2 Å².